The third-order valence-corrected chi connectivity index (χ3v) is 3.64. The van der Waals surface area contributed by atoms with Crippen molar-refractivity contribution in [1.29, 1.82) is 0 Å². The van der Waals surface area contributed by atoms with Gasteiger partial charge in [-0.05, 0) is 39.8 Å². The SMILES string of the molecule is C[C@H]1CN(C(=O)OC(C)(C)C)[C@@H](C)CN1Cc1nnn(C)n1. The van der Waals surface area contributed by atoms with Crippen LogP contribution in [0.3, 0.4) is 0 Å². The van der Waals surface area contributed by atoms with Crippen LogP contribution in [0.2, 0.25) is 0 Å². The molecule has 1 aromatic rings. The van der Waals surface area contributed by atoms with Crippen molar-refractivity contribution in [3.05, 3.63) is 5.82 Å². The first-order valence-corrected chi connectivity index (χ1v) is 7.62. The second-order valence-corrected chi connectivity index (χ2v) is 6.96. The van der Waals surface area contributed by atoms with E-state index in [2.05, 4.69) is 27.2 Å². The first-order valence-electron chi connectivity index (χ1n) is 7.62. The third-order valence-electron chi connectivity index (χ3n) is 3.64. The molecule has 1 fully saturated rings. The summed E-state index contributed by atoms with van der Waals surface area (Å²) in [6, 6.07) is 0.301. The normalized spacial score (nSPS) is 23.6. The summed E-state index contributed by atoms with van der Waals surface area (Å²) in [7, 11) is 1.75. The molecule has 1 aliphatic heterocycles. The van der Waals surface area contributed by atoms with E-state index in [9.17, 15) is 4.79 Å². The molecule has 2 rings (SSSR count). The zero-order valence-corrected chi connectivity index (χ0v) is 14.3. The fourth-order valence-electron chi connectivity index (χ4n) is 2.56. The van der Waals surface area contributed by atoms with Gasteiger partial charge in [0.05, 0.1) is 13.6 Å². The highest BCUT2D eigenvalue weighted by molar-refractivity contribution is 5.68. The number of ether oxygens (including phenoxy) is 1. The Labute approximate surface area is 131 Å². The number of aromatic nitrogens is 4. The molecule has 22 heavy (non-hydrogen) atoms. The molecule has 124 valence electrons. The summed E-state index contributed by atoms with van der Waals surface area (Å²) in [6.45, 7) is 11.8. The Balaban J connectivity index is 1.97. The summed E-state index contributed by atoms with van der Waals surface area (Å²) in [5, 5.41) is 12.1. The largest absolute Gasteiger partial charge is 0.444 e. The molecule has 1 saturated heterocycles. The Morgan fingerprint density at radius 1 is 1.27 bits per heavy atom. The minimum absolute atomic E-state index is 0.0859. The summed E-state index contributed by atoms with van der Waals surface area (Å²) in [6.07, 6.45) is -0.246. The topological polar surface area (TPSA) is 76.4 Å². The zero-order chi connectivity index (χ0) is 16.5. The van der Waals surface area contributed by atoms with E-state index in [4.69, 9.17) is 4.74 Å². The van der Waals surface area contributed by atoms with E-state index in [-0.39, 0.29) is 18.2 Å². The second kappa shape index (κ2) is 6.20. The molecule has 1 aromatic heterocycles. The molecule has 8 heteroatoms. The van der Waals surface area contributed by atoms with Gasteiger partial charge in [-0.1, -0.05) is 0 Å². The molecule has 0 saturated carbocycles. The lowest BCUT2D eigenvalue weighted by Crippen LogP contribution is -2.58. The summed E-state index contributed by atoms with van der Waals surface area (Å²) in [4.78, 5) is 17.8. The average molecular weight is 310 g/mol. The molecule has 2 heterocycles. The summed E-state index contributed by atoms with van der Waals surface area (Å²) in [5.74, 6) is 0.701. The first kappa shape index (κ1) is 16.7. The lowest BCUT2D eigenvalue weighted by molar-refractivity contribution is -0.0121. The molecule has 8 nitrogen and oxygen atoms in total. The molecule has 0 aliphatic carbocycles. The number of nitrogens with zero attached hydrogens (tertiary/aromatic N) is 6. The molecule has 0 N–H and O–H groups in total. The van der Waals surface area contributed by atoms with Gasteiger partial charge in [0.15, 0.2) is 5.82 Å². The quantitative estimate of drug-likeness (QED) is 0.812. The number of rotatable bonds is 2. The fraction of sp³-hybridized carbons (Fsp3) is 0.857. The first-order chi connectivity index (χ1) is 10.2. The molecule has 0 aromatic carbocycles. The van der Waals surface area contributed by atoms with Gasteiger partial charge in [0.25, 0.3) is 0 Å². The lowest BCUT2D eigenvalue weighted by Gasteiger charge is -2.43. The molecule has 0 bridgehead atoms. The van der Waals surface area contributed by atoms with Crippen molar-refractivity contribution in [2.75, 3.05) is 13.1 Å². The number of hydrogen-bond acceptors (Lipinski definition) is 6. The Kier molecular flexibility index (Phi) is 4.69. The van der Waals surface area contributed by atoms with Crippen molar-refractivity contribution in [3.8, 4) is 0 Å². The van der Waals surface area contributed by atoms with E-state index in [1.165, 1.54) is 4.80 Å². The predicted octanol–water partition coefficient (Wildman–Crippen LogP) is 1.04. The molecular formula is C14H26N6O2. The molecule has 1 aliphatic rings. The van der Waals surface area contributed by atoms with Gasteiger partial charge in [0.2, 0.25) is 0 Å². The highest BCUT2D eigenvalue weighted by atomic mass is 16.6. The maximum absolute atomic E-state index is 12.3. The van der Waals surface area contributed by atoms with Crippen molar-refractivity contribution in [2.45, 2.75) is 58.8 Å². The van der Waals surface area contributed by atoms with Crippen LogP contribution in [0.1, 0.15) is 40.4 Å². The van der Waals surface area contributed by atoms with Crippen LogP contribution >= 0.6 is 0 Å². The molecule has 1 amide bonds. The van der Waals surface area contributed by atoms with E-state index in [1.54, 1.807) is 11.9 Å². The number of amides is 1. The molecule has 0 radical (unpaired) electrons. The van der Waals surface area contributed by atoms with Crippen LogP contribution in [0.25, 0.3) is 0 Å². The summed E-state index contributed by atoms with van der Waals surface area (Å²) in [5.41, 5.74) is -0.472. The van der Waals surface area contributed by atoms with E-state index in [0.717, 1.165) is 6.54 Å². The predicted molar refractivity (Wildman–Crippen MR) is 81.1 cm³/mol. The van der Waals surface area contributed by atoms with Crippen LogP contribution in [0, 0.1) is 0 Å². The molecule has 2 atom stereocenters. The van der Waals surface area contributed by atoms with Gasteiger partial charge in [-0.15, -0.1) is 10.2 Å². The standard InChI is InChI=1S/C14H26N6O2/c1-10-8-20(13(21)22-14(3,4)5)11(2)7-19(10)9-12-15-17-18(6)16-12/h10-11H,7-9H2,1-6H3/t10-,11-/m0/s1. The number of aryl methyl sites for hydroxylation is 1. The smallest absolute Gasteiger partial charge is 0.410 e. The van der Waals surface area contributed by atoms with Crippen LogP contribution in [-0.2, 0) is 18.3 Å². The molecular weight excluding hydrogens is 284 g/mol. The monoisotopic (exact) mass is 310 g/mol. The summed E-state index contributed by atoms with van der Waals surface area (Å²) >= 11 is 0. The number of hydrogen-bond donors (Lipinski definition) is 0. The Bertz CT molecular complexity index is 524. The maximum atomic E-state index is 12.3. The van der Waals surface area contributed by atoms with Crippen LogP contribution in [0.5, 0.6) is 0 Å². The van der Waals surface area contributed by atoms with E-state index in [0.29, 0.717) is 18.9 Å². The van der Waals surface area contributed by atoms with Gasteiger partial charge < -0.3 is 9.64 Å². The van der Waals surface area contributed by atoms with E-state index in [1.807, 2.05) is 27.7 Å². The maximum Gasteiger partial charge on any atom is 0.410 e. The summed E-state index contributed by atoms with van der Waals surface area (Å²) < 4.78 is 5.48. The highest BCUT2D eigenvalue weighted by Gasteiger charge is 2.34. The second-order valence-electron chi connectivity index (χ2n) is 6.96. The van der Waals surface area contributed by atoms with E-state index >= 15 is 0 Å². The van der Waals surface area contributed by atoms with Crippen molar-refractivity contribution in [2.24, 2.45) is 7.05 Å². The molecule has 0 spiro atoms. The van der Waals surface area contributed by atoms with E-state index < -0.39 is 5.60 Å². The van der Waals surface area contributed by atoms with Crippen molar-refractivity contribution >= 4 is 6.09 Å². The Hall–Kier alpha value is -1.70. The average Bonchev–Trinajstić information content (AvgIpc) is 2.76. The zero-order valence-electron chi connectivity index (χ0n) is 14.3. The fourth-order valence-corrected chi connectivity index (χ4v) is 2.56. The highest BCUT2D eigenvalue weighted by Crippen LogP contribution is 2.19. The van der Waals surface area contributed by atoms with Gasteiger partial charge in [0.1, 0.15) is 5.60 Å². The van der Waals surface area contributed by atoms with Crippen LogP contribution in [-0.4, -0.2) is 66.9 Å². The third kappa shape index (κ3) is 4.16. The van der Waals surface area contributed by atoms with Gasteiger partial charge in [-0.2, -0.15) is 4.80 Å². The molecule has 0 unspecified atom stereocenters. The minimum Gasteiger partial charge on any atom is -0.444 e. The lowest BCUT2D eigenvalue weighted by atomic mass is 10.1. The minimum atomic E-state index is -0.472. The van der Waals surface area contributed by atoms with Crippen molar-refractivity contribution < 1.29 is 9.53 Å². The number of tetrazole rings is 1. The Morgan fingerprint density at radius 3 is 2.50 bits per heavy atom. The van der Waals surface area contributed by atoms with Crippen molar-refractivity contribution in [1.82, 2.24) is 30.0 Å². The Morgan fingerprint density at radius 2 is 1.95 bits per heavy atom. The number of carbonyl (C=O) groups excluding carboxylic acids is 1. The van der Waals surface area contributed by atoms with Gasteiger partial charge in [-0.25, -0.2) is 4.79 Å². The van der Waals surface area contributed by atoms with Gasteiger partial charge >= 0.3 is 6.09 Å². The van der Waals surface area contributed by atoms with Crippen LogP contribution in [0.4, 0.5) is 4.79 Å². The van der Waals surface area contributed by atoms with Gasteiger partial charge in [0, 0.05) is 25.2 Å². The van der Waals surface area contributed by atoms with Crippen LogP contribution < -0.4 is 0 Å². The number of carbonyl (C=O) groups is 1. The van der Waals surface area contributed by atoms with Crippen molar-refractivity contribution in [3.63, 3.8) is 0 Å². The van der Waals surface area contributed by atoms with Gasteiger partial charge in [-0.3, -0.25) is 4.90 Å². The van der Waals surface area contributed by atoms with Crippen LogP contribution in [0.15, 0.2) is 0 Å². The number of piperazine rings is 1.